The Labute approximate surface area is 470 Å². The second-order valence-corrected chi connectivity index (χ2v) is 21.3. The van der Waals surface area contributed by atoms with Crippen LogP contribution in [0.2, 0.25) is 0 Å². The van der Waals surface area contributed by atoms with Crippen LogP contribution in [-0.2, 0) is 12.4 Å². The normalized spacial score (nSPS) is 12.0. The van der Waals surface area contributed by atoms with E-state index in [4.69, 9.17) is 6.57 Å². The molecule has 2 aromatic heterocycles. The van der Waals surface area contributed by atoms with Crippen molar-refractivity contribution < 1.29 is 26.3 Å². The van der Waals surface area contributed by atoms with Crippen molar-refractivity contribution in [2.75, 3.05) is 0 Å². The van der Waals surface area contributed by atoms with Crippen LogP contribution in [0, 0.1) is 34.3 Å². The highest BCUT2D eigenvalue weighted by Crippen LogP contribution is 2.53. The van der Waals surface area contributed by atoms with Crippen molar-refractivity contribution in [1.29, 1.82) is 0 Å². The molecule has 0 unspecified atom stereocenters. The Kier molecular flexibility index (Phi) is 12.4. The van der Waals surface area contributed by atoms with Gasteiger partial charge in [-0.2, -0.15) is 26.3 Å². The molecule has 2 heterocycles. The highest BCUT2D eigenvalue weighted by molar-refractivity contribution is 6.15. The number of halogens is 6. The lowest BCUT2D eigenvalue weighted by Gasteiger charge is -2.26. The van der Waals surface area contributed by atoms with Crippen LogP contribution in [0.5, 0.6) is 0 Å². The van der Waals surface area contributed by atoms with Crippen LogP contribution in [0.4, 0.5) is 32.0 Å². The fourth-order valence-electron chi connectivity index (χ4n) is 12.2. The maximum absolute atomic E-state index is 15.8. The molecule has 3 nitrogen and oxygen atoms in total. The summed E-state index contributed by atoms with van der Waals surface area (Å²) >= 11 is 0. The van der Waals surface area contributed by atoms with Gasteiger partial charge in [-0.05, 0) is 151 Å². The Morgan fingerprint density at radius 3 is 0.951 bits per heavy atom. The number of rotatable bonds is 8. The lowest BCUT2D eigenvalue weighted by Crippen LogP contribution is -2.15. The zero-order chi connectivity index (χ0) is 56.8. The monoisotopic (exact) mass is 1080 g/mol. The summed E-state index contributed by atoms with van der Waals surface area (Å²) in [5, 5.41) is 3.33. The molecule has 0 bridgehead atoms. The molecular formula is C73H49F6N3. The van der Waals surface area contributed by atoms with E-state index in [0.717, 1.165) is 94.4 Å². The molecule has 0 amide bonds. The van der Waals surface area contributed by atoms with Gasteiger partial charge in [-0.15, -0.1) is 0 Å². The molecule has 0 aliphatic carbocycles. The molecule has 13 aromatic rings. The Bertz CT molecular complexity index is 4560. The number of benzene rings is 11. The van der Waals surface area contributed by atoms with Gasteiger partial charge in [-0.1, -0.05) is 174 Å². The van der Waals surface area contributed by atoms with Gasteiger partial charge in [-0.3, -0.25) is 0 Å². The van der Waals surface area contributed by atoms with Gasteiger partial charge in [0.15, 0.2) is 5.69 Å². The SMILES string of the molecule is [C-]#[N+]c1cccc(-n2c3ccc(-c4cccc(C)c4)cc3c3cc(-c4cccc(C)c4)ccc32)c1-c1c(-c2c(C(F)(F)F)cccc2C(F)(F)F)cccc1-n1c2ccc(-c3cccc(C)c3)cc2c2cc(-c3cccc(C)c3)ccc21. The summed E-state index contributed by atoms with van der Waals surface area (Å²) in [6.07, 6.45) is -10.5. The Morgan fingerprint density at radius 1 is 0.317 bits per heavy atom. The molecular weight excluding hydrogens is 1030 g/mol. The van der Waals surface area contributed by atoms with Crippen molar-refractivity contribution in [2.24, 2.45) is 0 Å². The van der Waals surface area contributed by atoms with Crippen LogP contribution in [0.25, 0.3) is 127 Å². The molecule has 0 atom stereocenters. The van der Waals surface area contributed by atoms with Crippen LogP contribution in [0.3, 0.4) is 0 Å². The molecule has 0 saturated heterocycles. The Hall–Kier alpha value is -9.91. The van der Waals surface area contributed by atoms with E-state index >= 15 is 26.3 Å². The number of fused-ring (bicyclic) bond motifs is 6. The summed E-state index contributed by atoms with van der Waals surface area (Å²) in [6.45, 7) is 17.0. The van der Waals surface area contributed by atoms with Gasteiger partial charge in [0, 0.05) is 43.9 Å². The van der Waals surface area contributed by atoms with Gasteiger partial charge in [0.1, 0.15) is 0 Å². The molecule has 0 fully saturated rings. The molecule has 11 aromatic carbocycles. The summed E-state index contributed by atoms with van der Waals surface area (Å²) < 4.78 is 98.5. The second kappa shape index (κ2) is 19.7. The van der Waals surface area contributed by atoms with Gasteiger partial charge in [0.25, 0.3) is 0 Å². The minimum Gasteiger partial charge on any atom is -0.310 e. The van der Waals surface area contributed by atoms with Crippen LogP contribution in [0.1, 0.15) is 33.4 Å². The summed E-state index contributed by atoms with van der Waals surface area (Å²) in [5.74, 6) is 0. The van der Waals surface area contributed by atoms with E-state index in [0.29, 0.717) is 39.9 Å². The number of hydrogen-bond donors (Lipinski definition) is 0. The average molecular weight is 1080 g/mol. The van der Waals surface area contributed by atoms with E-state index in [1.165, 1.54) is 12.1 Å². The Morgan fingerprint density at radius 2 is 0.622 bits per heavy atom. The van der Waals surface area contributed by atoms with Gasteiger partial charge in [0.05, 0.1) is 45.5 Å². The van der Waals surface area contributed by atoms with Crippen LogP contribution < -0.4 is 0 Å². The van der Waals surface area contributed by atoms with E-state index in [2.05, 4.69) is 65.5 Å². The third-order valence-electron chi connectivity index (χ3n) is 15.8. The zero-order valence-electron chi connectivity index (χ0n) is 45.0. The molecule has 82 heavy (non-hydrogen) atoms. The fraction of sp³-hybridized carbons (Fsp3) is 0.0822. The van der Waals surface area contributed by atoms with Gasteiger partial charge in [0.2, 0.25) is 0 Å². The number of aromatic nitrogens is 2. The maximum atomic E-state index is 15.8. The van der Waals surface area contributed by atoms with Crippen LogP contribution in [-0.4, -0.2) is 9.13 Å². The first kappa shape index (κ1) is 51.5. The van der Waals surface area contributed by atoms with E-state index in [1.54, 1.807) is 24.3 Å². The molecule has 0 saturated carbocycles. The summed E-state index contributed by atoms with van der Waals surface area (Å²) in [4.78, 5) is 4.11. The molecule has 13 rings (SSSR count). The molecule has 0 N–H and O–H groups in total. The lowest BCUT2D eigenvalue weighted by molar-refractivity contribution is -0.142. The number of nitrogens with zero attached hydrogens (tertiary/aromatic N) is 3. The first-order chi connectivity index (χ1) is 39.5. The second-order valence-electron chi connectivity index (χ2n) is 21.3. The summed E-state index contributed by atoms with van der Waals surface area (Å²) in [5.41, 5.74) is 11.3. The standard InChI is InChI=1S/C73H49F6N3/c1-43-13-6-17-47(35-43)51-27-31-63-56(39-51)57-40-52(48-18-7-14-44(2)36-48)28-32-64(57)81(63)67-25-10-21-55(69-60(72(74,75)76)22-11-23-61(69)73(77,78)79)70(67)71-62(80-5)24-12-26-68(71)82-65-33-29-53(49-19-8-15-45(3)37-49)41-58(65)59-42-54(30-34-66(59)82)50-20-9-16-46(4)38-50/h6-42H,1-4H3. The highest BCUT2D eigenvalue weighted by atomic mass is 19.4. The number of alkyl halides is 6. The predicted molar refractivity (Wildman–Crippen MR) is 323 cm³/mol. The summed E-state index contributed by atoms with van der Waals surface area (Å²) in [7, 11) is 0. The van der Waals surface area contributed by atoms with E-state index < -0.39 is 29.0 Å². The third kappa shape index (κ3) is 8.88. The van der Waals surface area contributed by atoms with Crippen LogP contribution in [0.15, 0.2) is 224 Å². The minimum absolute atomic E-state index is 0.0124. The highest BCUT2D eigenvalue weighted by Gasteiger charge is 2.42. The topological polar surface area (TPSA) is 14.2 Å². The van der Waals surface area contributed by atoms with E-state index in [-0.39, 0.29) is 28.1 Å². The van der Waals surface area contributed by atoms with Crippen molar-refractivity contribution in [1.82, 2.24) is 9.13 Å². The molecule has 398 valence electrons. The third-order valence-corrected chi connectivity index (χ3v) is 15.8. The van der Waals surface area contributed by atoms with Crippen molar-refractivity contribution in [3.63, 3.8) is 0 Å². The minimum atomic E-state index is -5.23. The molecule has 0 aliphatic heterocycles. The number of hydrogen-bond acceptors (Lipinski definition) is 0. The average Bonchev–Trinajstić information content (AvgIpc) is 3.60. The summed E-state index contributed by atoms with van der Waals surface area (Å²) in [6, 6.07) is 69.1. The van der Waals surface area contributed by atoms with Crippen molar-refractivity contribution in [3.8, 4) is 78.1 Å². The van der Waals surface area contributed by atoms with Gasteiger partial charge < -0.3 is 9.13 Å². The molecule has 0 radical (unpaired) electrons. The first-order valence-corrected chi connectivity index (χ1v) is 26.9. The quantitative estimate of drug-likeness (QED) is 0.106. The first-order valence-electron chi connectivity index (χ1n) is 26.9. The smallest absolute Gasteiger partial charge is 0.310 e. The lowest BCUT2D eigenvalue weighted by atomic mass is 9.86. The fourth-order valence-corrected chi connectivity index (χ4v) is 12.2. The van der Waals surface area contributed by atoms with Gasteiger partial charge in [-0.25, -0.2) is 4.85 Å². The Balaban J connectivity index is 1.18. The van der Waals surface area contributed by atoms with Gasteiger partial charge >= 0.3 is 12.4 Å². The van der Waals surface area contributed by atoms with Crippen molar-refractivity contribution in [2.45, 2.75) is 40.0 Å². The zero-order valence-corrected chi connectivity index (χ0v) is 45.0. The van der Waals surface area contributed by atoms with Crippen LogP contribution >= 0.6 is 0 Å². The largest absolute Gasteiger partial charge is 0.417 e. The number of aryl methyl sites for hydroxylation is 4. The van der Waals surface area contributed by atoms with E-state index in [1.807, 2.05) is 146 Å². The van der Waals surface area contributed by atoms with E-state index in [9.17, 15) is 0 Å². The predicted octanol–water partition coefficient (Wildman–Crippen LogP) is 21.7. The molecule has 0 spiro atoms. The molecule has 0 aliphatic rings. The van der Waals surface area contributed by atoms with Crippen molar-refractivity contribution >= 4 is 49.3 Å². The van der Waals surface area contributed by atoms with Crippen molar-refractivity contribution in [3.05, 3.63) is 269 Å². The molecule has 9 heteroatoms. The maximum Gasteiger partial charge on any atom is 0.417 e.